The van der Waals surface area contributed by atoms with Crippen LogP contribution < -0.4 is 0 Å². The number of carbonyl (C=O) groups is 2. The molecule has 1 aliphatic heterocycles. The van der Waals surface area contributed by atoms with E-state index in [1.807, 2.05) is 6.92 Å². The van der Waals surface area contributed by atoms with Crippen LogP contribution in [0.1, 0.15) is 40.0 Å². The number of carboxylic acid groups (broad SMARTS) is 1. The maximum Gasteiger partial charge on any atom is 0.335 e. The molecule has 0 amide bonds. The minimum atomic E-state index is -1.05. The number of esters is 1. The zero-order valence-electron chi connectivity index (χ0n) is 11.7. The second kappa shape index (κ2) is 4.83. The Morgan fingerprint density at radius 1 is 1.53 bits per heavy atom. The smallest absolute Gasteiger partial charge is 0.335 e. The van der Waals surface area contributed by atoms with E-state index in [0.717, 1.165) is 12.8 Å². The molecule has 0 aromatic heterocycles. The van der Waals surface area contributed by atoms with Crippen LogP contribution >= 0.6 is 0 Å². The minimum Gasteiger partial charge on any atom is -0.478 e. The average Bonchev–Trinajstić information content (AvgIpc) is 2.83. The normalized spacial score (nSPS) is 23.3. The molecule has 4 nitrogen and oxygen atoms in total. The summed E-state index contributed by atoms with van der Waals surface area (Å²) in [6, 6.07) is 0. The molecule has 0 spiro atoms. The van der Waals surface area contributed by atoms with Crippen molar-refractivity contribution in [2.75, 3.05) is 6.61 Å². The Bertz CT molecular complexity index is 482. The number of carboxylic acids is 1. The molecule has 2 aliphatic rings. The molecule has 0 aromatic rings. The lowest BCUT2D eigenvalue weighted by atomic mass is 9.85. The van der Waals surface area contributed by atoms with Gasteiger partial charge in [0.25, 0.3) is 0 Å². The van der Waals surface area contributed by atoms with Gasteiger partial charge < -0.3 is 9.84 Å². The van der Waals surface area contributed by atoms with E-state index in [2.05, 4.69) is 19.9 Å². The third kappa shape index (κ3) is 2.88. The van der Waals surface area contributed by atoms with Crippen molar-refractivity contribution in [3.05, 3.63) is 22.8 Å². The number of carbonyl (C=O) groups excluding carboxylic acids is 1. The monoisotopic (exact) mass is 264 g/mol. The summed E-state index contributed by atoms with van der Waals surface area (Å²) in [4.78, 5) is 22.7. The van der Waals surface area contributed by atoms with Crippen molar-refractivity contribution in [1.29, 1.82) is 0 Å². The molecule has 2 rings (SSSR count). The molecule has 104 valence electrons. The molecule has 0 saturated heterocycles. The molecule has 1 aliphatic carbocycles. The van der Waals surface area contributed by atoms with Crippen molar-refractivity contribution >= 4 is 11.9 Å². The Morgan fingerprint density at radius 3 is 2.74 bits per heavy atom. The average molecular weight is 264 g/mol. The predicted molar refractivity (Wildman–Crippen MR) is 70.5 cm³/mol. The molecule has 0 radical (unpaired) electrons. The van der Waals surface area contributed by atoms with Crippen LogP contribution in [-0.4, -0.2) is 23.7 Å². The summed E-state index contributed by atoms with van der Waals surface area (Å²) >= 11 is 0. The highest BCUT2D eigenvalue weighted by atomic mass is 16.5. The Hall–Kier alpha value is -1.58. The highest BCUT2D eigenvalue weighted by Gasteiger charge is 2.33. The summed E-state index contributed by atoms with van der Waals surface area (Å²) in [6.45, 7) is 6.38. The van der Waals surface area contributed by atoms with Crippen molar-refractivity contribution < 1.29 is 19.4 Å². The van der Waals surface area contributed by atoms with Crippen molar-refractivity contribution in [2.24, 2.45) is 11.3 Å². The third-order valence-corrected chi connectivity index (χ3v) is 3.96. The van der Waals surface area contributed by atoms with Crippen LogP contribution in [0.3, 0.4) is 0 Å². The zero-order valence-corrected chi connectivity index (χ0v) is 11.7. The lowest BCUT2D eigenvalue weighted by Gasteiger charge is -2.20. The first-order valence-electron chi connectivity index (χ1n) is 6.61. The second-order valence-corrected chi connectivity index (χ2v) is 6.27. The first-order chi connectivity index (χ1) is 8.80. The van der Waals surface area contributed by atoms with Crippen molar-refractivity contribution in [1.82, 2.24) is 0 Å². The molecule has 0 saturated carbocycles. The van der Waals surface area contributed by atoms with Crippen molar-refractivity contribution in [2.45, 2.75) is 40.0 Å². The number of ether oxygens (including phenoxy) is 1. The van der Waals surface area contributed by atoms with E-state index in [9.17, 15) is 9.59 Å². The van der Waals surface area contributed by atoms with E-state index in [4.69, 9.17) is 9.84 Å². The molecular weight excluding hydrogens is 244 g/mol. The molecule has 0 aromatic carbocycles. The number of hydrogen-bond acceptors (Lipinski definition) is 3. The number of aliphatic carboxylic acids is 1. The summed E-state index contributed by atoms with van der Waals surface area (Å²) in [5, 5.41) is 9.06. The summed E-state index contributed by atoms with van der Waals surface area (Å²) in [5.41, 5.74) is 2.06. The number of hydrogen-bond donors (Lipinski definition) is 1. The number of cyclic esters (lactones) is 1. The van der Waals surface area contributed by atoms with Gasteiger partial charge in [-0.25, -0.2) is 9.59 Å². The maximum absolute atomic E-state index is 11.6. The fourth-order valence-electron chi connectivity index (χ4n) is 2.75. The Morgan fingerprint density at radius 2 is 2.21 bits per heavy atom. The van der Waals surface area contributed by atoms with E-state index >= 15 is 0 Å². The van der Waals surface area contributed by atoms with Gasteiger partial charge in [-0.3, -0.25) is 0 Å². The number of rotatable bonds is 4. The highest BCUT2D eigenvalue weighted by Crippen LogP contribution is 2.41. The Labute approximate surface area is 113 Å². The Kier molecular flexibility index (Phi) is 3.52. The van der Waals surface area contributed by atoms with Gasteiger partial charge >= 0.3 is 11.9 Å². The van der Waals surface area contributed by atoms with Crippen LogP contribution in [0.2, 0.25) is 0 Å². The van der Waals surface area contributed by atoms with Crippen molar-refractivity contribution in [3.63, 3.8) is 0 Å². The molecule has 0 bridgehead atoms. The second-order valence-electron chi connectivity index (χ2n) is 6.27. The van der Waals surface area contributed by atoms with E-state index in [0.29, 0.717) is 12.0 Å². The lowest BCUT2D eigenvalue weighted by Crippen LogP contribution is -2.11. The fourth-order valence-corrected chi connectivity index (χ4v) is 2.75. The maximum atomic E-state index is 11.6. The highest BCUT2D eigenvalue weighted by molar-refractivity contribution is 6.02. The molecular formula is C15H20O4. The first-order valence-corrected chi connectivity index (χ1v) is 6.61. The quantitative estimate of drug-likeness (QED) is 0.626. The van der Waals surface area contributed by atoms with Gasteiger partial charge in [0.1, 0.15) is 6.61 Å². The van der Waals surface area contributed by atoms with Crippen LogP contribution in [0.15, 0.2) is 22.8 Å². The zero-order chi connectivity index (χ0) is 14.2. The van der Waals surface area contributed by atoms with Gasteiger partial charge in [0.05, 0.1) is 11.1 Å². The van der Waals surface area contributed by atoms with E-state index in [-0.39, 0.29) is 23.5 Å². The largest absolute Gasteiger partial charge is 0.478 e. The standard InChI is InChI=1S/C15H20O4/c1-9(10-4-5-15(2,3)7-10)6-11-12(13(16)17)8-19-14(11)18/h4,9H,5-8H2,1-3H3,(H,16,17)/t9-/m1/s1. The molecule has 0 unspecified atom stereocenters. The van der Waals surface area contributed by atoms with Crippen LogP contribution in [0, 0.1) is 11.3 Å². The first kappa shape index (κ1) is 13.8. The van der Waals surface area contributed by atoms with Crippen LogP contribution in [0.25, 0.3) is 0 Å². The SMILES string of the molecule is C[C@H](CC1=C(C(=O)O)COC1=O)C1=CCC(C)(C)C1. The molecule has 0 fully saturated rings. The molecule has 1 N–H and O–H groups in total. The van der Waals surface area contributed by atoms with Gasteiger partial charge in [-0.15, -0.1) is 0 Å². The molecule has 4 heteroatoms. The summed E-state index contributed by atoms with van der Waals surface area (Å²) in [5.74, 6) is -1.33. The van der Waals surface area contributed by atoms with Gasteiger partial charge in [0.15, 0.2) is 0 Å². The summed E-state index contributed by atoms with van der Waals surface area (Å²) in [6.07, 6.45) is 4.75. The predicted octanol–water partition coefficient (Wildman–Crippen LogP) is 2.70. The lowest BCUT2D eigenvalue weighted by molar-refractivity contribution is -0.136. The van der Waals surface area contributed by atoms with Crippen LogP contribution in [0.4, 0.5) is 0 Å². The third-order valence-electron chi connectivity index (χ3n) is 3.96. The van der Waals surface area contributed by atoms with Gasteiger partial charge in [0, 0.05) is 0 Å². The van der Waals surface area contributed by atoms with Gasteiger partial charge in [-0.2, -0.15) is 0 Å². The van der Waals surface area contributed by atoms with Crippen LogP contribution in [-0.2, 0) is 14.3 Å². The van der Waals surface area contributed by atoms with E-state index < -0.39 is 11.9 Å². The minimum absolute atomic E-state index is 0.0965. The molecule has 19 heavy (non-hydrogen) atoms. The van der Waals surface area contributed by atoms with Gasteiger partial charge in [-0.1, -0.05) is 32.4 Å². The summed E-state index contributed by atoms with van der Waals surface area (Å²) in [7, 11) is 0. The topological polar surface area (TPSA) is 63.6 Å². The molecule has 1 heterocycles. The van der Waals surface area contributed by atoms with Crippen molar-refractivity contribution in [3.8, 4) is 0 Å². The van der Waals surface area contributed by atoms with E-state index in [1.165, 1.54) is 5.57 Å². The molecule has 1 atom stereocenters. The fraction of sp³-hybridized carbons (Fsp3) is 0.600. The summed E-state index contributed by atoms with van der Waals surface area (Å²) < 4.78 is 4.83. The van der Waals surface area contributed by atoms with Gasteiger partial charge in [-0.05, 0) is 30.6 Å². The van der Waals surface area contributed by atoms with E-state index in [1.54, 1.807) is 0 Å². The van der Waals surface area contributed by atoms with Gasteiger partial charge in [0.2, 0.25) is 0 Å². The number of allylic oxidation sites excluding steroid dienone is 2. The Balaban J connectivity index is 2.11. The van der Waals surface area contributed by atoms with Crippen LogP contribution in [0.5, 0.6) is 0 Å².